The zero-order valence-electron chi connectivity index (χ0n) is 24.0. The Morgan fingerprint density at radius 2 is 1.77 bits per heavy atom. The number of fused-ring (bicyclic) bond motifs is 1. The Hall–Kier alpha value is -3.85. The lowest BCUT2D eigenvalue weighted by Gasteiger charge is -2.27. The number of nitrogens with zero attached hydrogens (tertiary/aromatic N) is 3. The van der Waals surface area contributed by atoms with Gasteiger partial charge in [0.1, 0.15) is 17.5 Å². The maximum Gasteiger partial charge on any atom is 0.338 e. The third kappa shape index (κ3) is 5.70. The van der Waals surface area contributed by atoms with Crippen LogP contribution in [0.25, 0.3) is 6.08 Å². The van der Waals surface area contributed by atoms with Crippen LogP contribution in [0.1, 0.15) is 57.7 Å². The quantitative estimate of drug-likeness (QED) is 0.321. The Morgan fingerprint density at radius 1 is 1.05 bits per heavy atom. The van der Waals surface area contributed by atoms with Crippen molar-refractivity contribution in [2.75, 3.05) is 38.8 Å². The van der Waals surface area contributed by atoms with Crippen molar-refractivity contribution in [1.82, 2.24) is 4.57 Å². The summed E-state index contributed by atoms with van der Waals surface area (Å²) in [6.07, 6.45) is 3.22. The van der Waals surface area contributed by atoms with E-state index in [4.69, 9.17) is 19.2 Å². The van der Waals surface area contributed by atoms with E-state index in [0.717, 1.165) is 30.8 Å². The largest absolute Gasteiger partial charge is 0.497 e. The molecule has 0 spiro atoms. The molecule has 8 nitrogen and oxygen atoms in total. The van der Waals surface area contributed by atoms with E-state index < -0.39 is 12.0 Å². The number of hydrogen-bond donors (Lipinski definition) is 0. The highest BCUT2D eigenvalue weighted by Gasteiger charge is 2.36. The number of hydrogen-bond acceptors (Lipinski definition) is 8. The van der Waals surface area contributed by atoms with Crippen LogP contribution < -0.4 is 29.3 Å². The lowest BCUT2D eigenvalue weighted by molar-refractivity contribution is -0.139. The molecule has 2 aromatic carbocycles. The molecule has 2 heterocycles. The molecule has 1 atom stereocenters. The minimum Gasteiger partial charge on any atom is -0.497 e. The summed E-state index contributed by atoms with van der Waals surface area (Å²) >= 11 is 1.31. The number of anilines is 1. The van der Waals surface area contributed by atoms with E-state index in [2.05, 4.69) is 30.9 Å². The lowest BCUT2D eigenvalue weighted by atomic mass is 9.93. The first-order chi connectivity index (χ1) is 19.4. The molecule has 1 aliphatic heterocycles. The van der Waals surface area contributed by atoms with Gasteiger partial charge < -0.3 is 19.1 Å². The fraction of sp³-hybridized carbons (Fsp3) is 0.387. The summed E-state index contributed by atoms with van der Waals surface area (Å²) in [5.41, 5.74) is 3.41. The van der Waals surface area contributed by atoms with Crippen LogP contribution in [-0.4, -0.2) is 44.5 Å². The standard InChI is InChI=1S/C31H37N3O5S/c1-7-11-24-27(30(36)39-10-4)28(23-19-22(37-5)16-17-25(23)38-6)34-29(35)26(40-31(34)32-24)18-20-12-14-21(15-13-20)33(8-2)9-3/h12-19,28H,7-11H2,1-6H3/b26-18-/t28-/m0/s1. The van der Waals surface area contributed by atoms with Crippen molar-refractivity contribution in [3.63, 3.8) is 0 Å². The van der Waals surface area contributed by atoms with Gasteiger partial charge in [-0.2, -0.15) is 0 Å². The van der Waals surface area contributed by atoms with Gasteiger partial charge in [0.25, 0.3) is 5.56 Å². The molecule has 0 radical (unpaired) electrons. The Morgan fingerprint density at radius 3 is 2.38 bits per heavy atom. The molecule has 0 saturated carbocycles. The molecule has 0 unspecified atom stereocenters. The van der Waals surface area contributed by atoms with Crippen molar-refractivity contribution >= 4 is 29.1 Å². The Labute approximate surface area is 238 Å². The van der Waals surface area contributed by atoms with E-state index in [0.29, 0.717) is 44.1 Å². The van der Waals surface area contributed by atoms with E-state index in [1.165, 1.54) is 11.3 Å². The number of carbonyl (C=O) groups is 1. The van der Waals surface area contributed by atoms with Crippen molar-refractivity contribution in [1.29, 1.82) is 0 Å². The smallest absolute Gasteiger partial charge is 0.338 e. The van der Waals surface area contributed by atoms with Crippen LogP contribution in [-0.2, 0) is 9.53 Å². The van der Waals surface area contributed by atoms with Crippen LogP contribution in [0.3, 0.4) is 0 Å². The van der Waals surface area contributed by atoms with Gasteiger partial charge in [0.05, 0.1) is 36.6 Å². The van der Waals surface area contributed by atoms with Gasteiger partial charge in [-0.15, -0.1) is 0 Å². The van der Waals surface area contributed by atoms with Gasteiger partial charge in [0.2, 0.25) is 0 Å². The second-order valence-corrected chi connectivity index (χ2v) is 10.3. The maximum absolute atomic E-state index is 14.0. The van der Waals surface area contributed by atoms with Gasteiger partial charge >= 0.3 is 5.97 Å². The van der Waals surface area contributed by atoms with E-state index >= 15 is 0 Å². The van der Waals surface area contributed by atoms with Crippen molar-refractivity contribution in [3.05, 3.63) is 84.5 Å². The predicted octanol–water partition coefficient (Wildman–Crippen LogP) is 4.44. The minimum absolute atomic E-state index is 0.206. The number of esters is 1. The molecule has 40 heavy (non-hydrogen) atoms. The number of thiazole rings is 1. The zero-order valence-corrected chi connectivity index (χ0v) is 24.8. The van der Waals surface area contributed by atoms with Gasteiger partial charge in [-0.05, 0) is 69.2 Å². The number of methoxy groups -OCH3 is 2. The molecule has 212 valence electrons. The van der Waals surface area contributed by atoms with Crippen molar-refractivity contribution in [2.45, 2.75) is 46.6 Å². The van der Waals surface area contributed by atoms with Gasteiger partial charge in [-0.25, -0.2) is 9.79 Å². The van der Waals surface area contributed by atoms with E-state index in [1.807, 2.05) is 25.1 Å². The summed E-state index contributed by atoms with van der Waals surface area (Å²) in [5.74, 6) is 0.626. The van der Waals surface area contributed by atoms with Crippen molar-refractivity contribution in [2.24, 2.45) is 4.99 Å². The van der Waals surface area contributed by atoms with Crippen LogP contribution in [0.5, 0.6) is 11.5 Å². The van der Waals surface area contributed by atoms with E-state index in [-0.39, 0.29) is 12.2 Å². The highest BCUT2D eigenvalue weighted by molar-refractivity contribution is 7.07. The van der Waals surface area contributed by atoms with Crippen LogP contribution in [0.2, 0.25) is 0 Å². The first-order valence-electron chi connectivity index (χ1n) is 13.7. The summed E-state index contributed by atoms with van der Waals surface area (Å²) in [7, 11) is 3.14. The average molecular weight is 564 g/mol. The third-order valence-electron chi connectivity index (χ3n) is 6.94. The fourth-order valence-corrected chi connectivity index (χ4v) is 6.01. The molecule has 0 fully saturated rings. The number of benzene rings is 2. The normalized spacial score (nSPS) is 14.9. The number of carbonyl (C=O) groups excluding carboxylic acids is 1. The molecule has 0 saturated heterocycles. The molecule has 3 aromatic rings. The molecular formula is C31H37N3O5S. The summed E-state index contributed by atoms with van der Waals surface area (Å²) in [5, 5.41) is 0. The molecule has 0 aliphatic carbocycles. The topological polar surface area (TPSA) is 82.4 Å². The second-order valence-electron chi connectivity index (χ2n) is 9.29. The molecule has 9 heteroatoms. The first kappa shape index (κ1) is 29.1. The summed E-state index contributed by atoms with van der Waals surface area (Å²) in [6.45, 7) is 10.1. The first-order valence-corrected chi connectivity index (χ1v) is 14.5. The highest BCUT2D eigenvalue weighted by atomic mass is 32.1. The minimum atomic E-state index is -0.783. The van der Waals surface area contributed by atoms with Crippen molar-refractivity contribution in [3.8, 4) is 11.5 Å². The van der Waals surface area contributed by atoms with Gasteiger partial charge in [0.15, 0.2) is 4.80 Å². The summed E-state index contributed by atoms with van der Waals surface area (Å²) in [4.78, 5) is 35.1. The lowest BCUT2D eigenvalue weighted by Crippen LogP contribution is -2.40. The molecule has 4 rings (SSSR count). The number of rotatable bonds is 11. The Balaban J connectivity index is 1.96. The highest BCUT2D eigenvalue weighted by Crippen LogP contribution is 2.38. The third-order valence-corrected chi connectivity index (χ3v) is 7.93. The maximum atomic E-state index is 14.0. The number of allylic oxidation sites excluding steroid dienone is 1. The van der Waals surface area contributed by atoms with Gasteiger partial charge in [-0.1, -0.05) is 36.8 Å². The SMILES string of the molecule is CCCC1=C(C(=O)OCC)[C@H](c2cc(OC)ccc2OC)n2c(s/c(=C\c3ccc(N(CC)CC)cc3)c2=O)=N1. The fourth-order valence-electron chi connectivity index (χ4n) is 4.99. The molecule has 0 amide bonds. The van der Waals surface area contributed by atoms with Gasteiger partial charge in [-0.3, -0.25) is 9.36 Å². The van der Waals surface area contributed by atoms with E-state index in [1.54, 1.807) is 43.9 Å². The molecule has 1 aliphatic rings. The average Bonchev–Trinajstić information content (AvgIpc) is 3.27. The van der Waals surface area contributed by atoms with Crippen LogP contribution in [0, 0.1) is 0 Å². The Bertz CT molecular complexity index is 1570. The summed E-state index contributed by atoms with van der Waals surface area (Å²) < 4.78 is 18.8. The monoisotopic (exact) mass is 563 g/mol. The van der Waals surface area contributed by atoms with Crippen LogP contribution in [0.4, 0.5) is 5.69 Å². The Kier molecular flexibility index (Phi) is 9.47. The molecule has 0 bridgehead atoms. The molecule has 0 N–H and O–H groups in total. The van der Waals surface area contributed by atoms with E-state index in [9.17, 15) is 9.59 Å². The number of aromatic nitrogens is 1. The van der Waals surface area contributed by atoms with Crippen LogP contribution >= 0.6 is 11.3 Å². The summed E-state index contributed by atoms with van der Waals surface area (Å²) in [6, 6.07) is 12.8. The second kappa shape index (κ2) is 13.0. The molecule has 1 aromatic heterocycles. The molecular weight excluding hydrogens is 526 g/mol. The van der Waals surface area contributed by atoms with Crippen molar-refractivity contribution < 1.29 is 19.0 Å². The number of ether oxygens (including phenoxy) is 3. The van der Waals surface area contributed by atoms with Crippen LogP contribution in [0.15, 0.2) is 63.5 Å². The zero-order chi connectivity index (χ0) is 28.8. The predicted molar refractivity (Wildman–Crippen MR) is 159 cm³/mol. The van der Waals surface area contributed by atoms with Gasteiger partial charge in [0, 0.05) is 24.3 Å².